The third-order valence-electron chi connectivity index (χ3n) is 4.73. The molecule has 27 heavy (non-hydrogen) atoms. The summed E-state index contributed by atoms with van der Waals surface area (Å²) in [5, 5.41) is 2.57. The minimum absolute atomic E-state index is 0.329. The van der Waals surface area contributed by atoms with E-state index in [4.69, 9.17) is 0 Å². The van der Waals surface area contributed by atoms with Crippen molar-refractivity contribution in [3.8, 4) is 10.0 Å². The monoisotopic (exact) mass is 412 g/mol. The Morgan fingerprint density at radius 2 is 1.19 bits per heavy atom. The molecule has 1 aliphatic heterocycles. The number of rotatable bonds is 2. The van der Waals surface area contributed by atoms with Gasteiger partial charge in [-0.25, -0.2) is 0 Å². The molecule has 1 aliphatic carbocycles. The molecule has 0 bridgehead atoms. The van der Waals surface area contributed by atoms with Crippen LogP contribution in [0, 0.1) is 0 Å². The molecular weight excluding hydrogens is 393 g/mol. The molecule has 5 rings (SSSR count). The van der Waals surface area contributed by atoms with E-state index in [0.29, 0.717) is 14.5 Å². The summed E-state index contributed by atoms with van der Waals surface area (Å²) < 4.78 is 5.23. The summed E-state index contributed by atoms with van der Waals surface area (Å²) >= 11 is 0.329. The van der Waals surface area contributed by atoms with Crippen LogP contribution in [0.1, 0.15) is 0 Å². The molecule has 3 aromatic rings. The fraction of sp³-hybridized carbons (Fsp3) is 0. The Balaban J connectivity index is 1.84. The molecule has 1 nitrogen and oxygen atoms in total. The van der Waals surface area contributed by atoms with Gasteiger partial charge in [0.1, 0.15) is 0 Å². The maximum atomic E-state index is 2.36. The second kappa shape index (κ2) is 7.00. The van der Waals surface area contributed by atoms with E-state index in [1.54, 1.807) is 0 Å². The summed E-state index contributed by atoms with van der Waals surface area (Å²) in [5.41, 5.74) is 3.70. The SMILES string of the molecule is c1ccc([N+](c2ccccc2)=c2ccc3cc4ccccc4[se]c-3c2)cc1. The van der Waals surface area contributed by atoms with E-state index >= 15 is 0 Å². The van der Waals surface area contributed by atoms with Crippen LogP contribution in [-0.4, -0.2) is 14.5 Å². The molecule has 0 aromatic heterocycles. The van der Waals surface area contributed by atoms with Crippen molar-refractivity contribution in [3.63, 3.8) is 0 Å². The molecule has 3 aromatic carbocycles. The van der Waals surface area contributed by atoms with E-state index < -0.39 is 0 Å². The van der Waals surface area contributed by atoms with Crippen LogP contribution in [0.15, 0.2) is 109 Å². The number of hydrogen-bond acceptors (Lipinski definition) is 0. The zero-order valence-electron chi connectivity index (χ0n) is 14.7. The van der Waals surface area contributed by atoms with E-state index in [0.717, 1.165) is 0 Å². The zero-order valence-corrected chi connectivity index (χ0v) is 16.5. The van der Waals surface area contributed by atoms with Crippen LogP contribution in [0.3, 0.4) is 0 Å². The van der Waals surface area contributed by atoms with Crippen molar-refractivity contribution in [3.05, 3.63) is 115 Å². The maximum absolute atomic E-state index is 2.36. The summed E-state index contributed by atoms with van der Waals surface area (Å²) in [5.74, 6) is 0. The molecule has 2 aliphatic rings. The molecular formula is C25H18NSe+. The van der Waals surface area contributed by atoms with Crippen molar-refractivity contribution in [2.75, 3.05) is 0 Å². The summed E-state index contributed by atoms with van der Waals surface area (Å²) in [6.07, 6.45) is 0. The van der Waals surface area contributed by atoms with Crippen molar-refractivity contribution in [1.82, 2.24) is 4.58 Å². The second-order valence-electron chi connectivity index (χ2n) is 6.51. The van der Waals surface area contributed by atoms with Gasteiger partial charge in [-0.05, 0) is 0 Å². The molecule has 0 N–H and O–H groups in total. The molecule has 2 heteroatoms. The number of hydrogen-bond donors (Lipinski definition) is 0. The molecule has 0 saturated heterocycles. The summed E-state index contributed by atoms with van der Waals surface area (Å²) in [6.45, 7) is 0. The first kappa shape index (κ1) is 16.3. The van der Waals surface area contributed by atoms with Crippen molar-refractivity contribution < 1.29 is 0 Å². The van der Waals surface area contributed by atoms with Gasteiger partial charge in [-0.3, -0.25) is 0 Å². The van der Waals surface area contributed by atoms with Gasteiger partial charge in [-0.15, -0.1) is 0 Å². The molecule has 0 saturated carbocycles. The Hall–Kier alpha value is -2.93. The van der Waals surface area contributed by atoms with Gasteiger partial charge in [0.25, 0.3) is 0 Å². The Kier molecular flexibility index (Phi) is 4.21. The van der Waals surface area contributed by atoms with Crippen molar-refractivity contribution in [2.45, 2.75) is 0 Å². The minimum atomic E-state index is 0.329. The normalized spacial score (nSPS) is 11.0. The summed E-state index contributed by atoms with van der Waals surface area (Å²) in [6, 6.07) is 39.1. The van der Waals surface area contributed by atoms with Crippen LogP contribution < -0.4 is 9.93 Å². The number of benzene rings is 4. The van der Waals surface area contributed by atoms with E-state index in [9.17, 15) is 0 Å². The third kappa shape index (κ3) is 3.14. The standard InChI is InChI=1S/C25H18NSe/c1-3-10-21(11-4-1)26(22-12-5-2-6-13-22)23-16-15-20-17-19-9-7-8-14-24(19)27-25(20)18-23/h1-18H/q+1. The number of fused-ring (bicyclic) bond motifs is 2. The van der Waals surface area contributed by atoms with Gasteiger partial charge in [0.05, 0.1) is 0 Å². The van der Waals surface area contributed by atoms with Crippen LogP contribution in [0.25, 0.3) is 19.6 Å². The molecule has 0 amide bonds. The number of nitrogens with zero attached hydrogens (tertiary/aromatic N) is 1. The summed E-state index contributed by atoms with van der Waals surface area (Å²) in [4.78, 5) is 0. The predicted octanol–water partition coefficient (Wildman–Crippen LogP) is 5.44. The van der Waals surface area contributed by atoms with Crippen LogP contribution in [0.2, 0.25) is 0 Å². The molecule has 0 unspecified atom stereocenters. The Labute approximate surface area is 164 Å². The second-order valence-corrected chi connectivity index (χ2v) is 8.79. The molecule has 0 atom stereocenters. The van der Waals surface area contributed by atoms with Gasteiger partial charge in [0, 0.05) is 0 Å². The fourth-order valence-corrected chi connectivity index (χ4v) is 5.66. The zero-order chi connectivity index (χ0) is 18.1. The first-order valence-electron chi connectivity index (χ1n) is 9.04. The first-order valence-corrected chi connectivity index (χ1v) is 10.8. The average Bonchev–Trinajstić information content (AvgIpc) is 2.74. The molecule has 128 valence electrons. The van der Waals surface area contributed by atoms with Crippen LogP contribution in [0.5, 0.6) is 0 Å². The van der Waals surface area contributed by atoms with Crippen LogP contribution in [-0.2, 0) is 0 Å². The first-order chi connectivity index (χ1) is 13.4. The van der Waals surface area contributed by atoms with E-state index in [2.05, 4.69) is 114 Å². The van der Waals surface area contributed by atoms with Crippen LogP contribution >= 0.6 is 0 Å². The quantitative estimate of drug-likeness (QED) is 0.207. The average molecular weight is 411 g/mol. The van der Waals surface area contributed by atoms with Gasteiger partial charge in [0.2, 0.25) is 0 Å². The van der Waals surface area contributed by atoms with E-state index in [1.165, 1.54) is 36.4 Å². The van der Waals surface area contributed by atoms with E-state index in [1.807, 2.05) is 0 Å². The van der Waals surface area contributed by atoms with Gasteiger partial charge in [-0.2, -0.15) is 0 Å². The van der Waals surface area contributed by atoms with Crippen LogP contribution in [0.4, 0.5) is 11.4 Å². The third-order valence-corrected chi connectivity index (χ3v) is 7.18. The Morgan fingerprint density at radius 3 is 1.89 bits per heavy atom. The summed E-state index contributed by atoms with van der Waals surface area (Å²) in [7, 11) is 0. The van der Waals surface area contributed by atoms with Crippen molar-refractivity contribution in [1.29, 1.82) is 0 Å². The number of para-hydroxylation sites is 2. The fourth-order valence-electron chi connectivity index (χ4n) is 3.45. The molecule has 1 heterocycles. The predicted molar refractivity (Wildman–Crippen MR) is 115 cm³/mol. The van der Waals surface area contributed by atoms with Crippen molar-refractivity contribution in [2.24, 2.45) is 0 Å². The van der Waals surface area contributed by atoms with Crippen molar-refractivity contribution >= 4 is 35.5 Å². The van der Waals surface area contributed by atoms with Gasteiger partial charge in [0.15, 0.2) is 0 Å². The van der Waals surface area contributed by atoms with E-state index in [-0.39, 0.29) is 0 Å². The Bertz CT molecular complexity index is 1210. The molecule has 0 spiro atoms. The van der Waals surface area contributed by atoms with Gasteiger partial charge >= 0.3 is 165 Å². The topological polar surface area (TPSA) is 3.01 Å². The molecule has 0 radical (unpaired) electrons. The van der Waals surface area contributed by atoms with Gasteiger partial charge in [-0.1, -0.05) is 0 Å². The van der Waals surface area contributed by atoms with Gasteiger partial charge < -0.3 is 0 Å². The Morgan fingerprint density at radius 1 is 0.556 bits per heavy atom. The molecule has 0 fully saturated rings.